The number of phenols is 1. The van der Waals surface area contributed by atoms with Gasteiger partial charge in [-0.15, -0.1) is 0 Å². The zero-order valence-electron chi connectivity index (χ0n) is 10.3. The van der Waals surface area contributed by atoms with E-state index in [4.69, 9.17) is 0 Å². The number of carbonyl (C=O) groups is 2. The molecule has 1 saturated heterocycles. The van der Waals surface area contributed by atoms with Gasteiger partial charge >= 0.3 is 0 Å². The van der Waals surface area contributed by atoms with Gasteiger partial charge in [0.05, 0.1) is 6.54 Å². The first kappa shape index (κ1) is 12.4. The summed E-state index contributed by atoms with van der Waals surface area (Å²) in [5.41, 5.74) is 1.44. The molecular formula is C13H16N2O3. The van der Waals surface area contributed by atoms with Crippen LogP contribution in [0.2, 0.25) is 0 Å². The maximum absolute atomic E-state index is 11.8. The number of nitrogens with one attached hydrogen (secondary N) is 1. The second kappa shape index (κ2) is 5.08. The Morgan fingerprint density at radius 2 is 2.28 bits per heavy atom. The summed E-state index contributed by atoms with van der Waals surface area (Å²) < 4.78 is 0. The number of aryl methyl sites for hydroxylation is 1. The minimum atomic E-state index is -0.209. The van der Waals surface area contributed by atoms with Crippen molar-refractivity contribution in [1.29, 1.82) is 0 Å². The van der Waals surface area contributed by atoms with Gasteiger partial charge in [-0.1, -0.05) is 0 Å². The topological polar surface area (TPSA) is 69.6 Å². The van der Waals surface area contributed by atoms with Crippen LogP contribution in [0.25, 0.3) is 0 Å². The van der Waals surface area contributed by atoms with Crippen molar-refractivity contribution in [2.24, 2.45) is 0 Å². The van der Waals surface area contributed by atoms with Crippen LogP contribution in [0.3, 0.4) is 0 Å². The van der Waals surface area contributed by atoms with Gasteiger partial charge in [0, 0.05) is 18.7 Å². The fourth-order valence-corrected chi connectivity index (χ4v) is 2.02. The molecule has 5 nitrogen and oxygen atoms in total. The van der Waals surface area contributed by atoms with Gasteiger partial charge in [0.25, 0.3) is 0 Å². The lowest BCUT2D eigenvalue weighted by atomic mass is 10.2. The van der Waals surface area contributed by atoms with Crippen LogP contribution in [0.5, 0.6) is 5.75 Å². The molecule has 18 heavy (non-hydrogen) atoms. The van der Waals surface area contributed by atoms with E-state index in [0.29, 0.717) is 18.7 Å². The highest BCUT2D eigenvalue weighted by Gasteiger charge is 2.22. The summed E-state index contributed by atoms with van der Waals surface area (Å²) in [7, 11) is 0. The molecule has 0 radical (unpaired) electrons. The minimum absolute atomic E-state index is 0.0348. The van der Waals surface area contributed by atoms with Crippen molar-refractivity contribution in [2.45, 2.75) is 19.8 Å². The summed E-state index contributed by atoms with van der Waals surface area (Å²) >= 11 is 0. The molecule has 0 saturated carbocycles. The largest absolute Gasteiger partial charge is 0.508 e. The van der Waals surface area contributed by atoms with Crippen molar-refractivity contribution >= 4 is 17.5 Å². The predicted molar refractivity (Wildman–Crippen MR) is 67.3 cm³/mol. The number of hydrogen-bond donors (Lipinski definition) is 2. The number of amides is 2. The van der Waals surface area contributed by atoms with Gasteiger partial charge in [0.15, 0.2) is 0 Å². The lowest BCUT2D eigenvalue weighted by Crippen LogP contribution is -2.34. The molecule has 5 heteroatoms. The van der Waals surface area contributed by atoms with E-state index >= 15 is 0 Å². The number of aromatic hydroxyl groups is 1. The number of carbonyl (C=O) groups excluding carboxylic acids is 2. The molecule has 1 aliphatic heterocycles. The molecule has 2 amide bonds. The fourth-order valence-electron chi connectivity index (χ4n) is 2.02. The SMILES string of the molecule is Cc1cc(O)ccc1NC(=O)CN1CCCC1=O. The molecule has 0 aliphatic carbocycles. The Morgan fingerprint density at radius 1 is 1.50 bits per heavy atom. The summed E-state index contributed by atoms with van der Waals surface area (Å²) in [5.74, 6) is -0.00756. The molecule has 0 atom stereocenters. The van der Waals surface area contributed by atoms with Crippen molar-refractivity contribution in [2.75, 3.05) is 18.4 Å². The van der Waals surface area contributed by atoms with Gasteiger partial charge in [-0.2, -0.15) is 0 Å². The molecule has 0 aromatic heterocycles. The molecule has 0 unspecified atom stereocenters. The summed E-state index contributed by atoms with van der Waals surface area (Å²) in [6.45, 7) is 2.55. The lowest BCUT2D eigenvalue weighted by molar-refractivity contribution is -0.131. The van der Waals surface area contributed by atoms with E-state index in [1.807, 2.05) is 0 Å². The highest BCUT2D eigenvalue weighted by atomic mass is 16.3. The van der Waals surface area contributed by atoms with Crippen molar-refractivity contribution in [1.82, 2.24) is 4.90 Å². The van der Waals surface area contributed by atoms with Gasteiger partial charge in [-0.05, 0) is 37.1 Å². The lowest BCUT2D eigenvalue weighted by Gasteiger charge is -2.15. The second-order valence-electron chi connectivity index (χ2n) is 4.47. The number of nitrogens with zero attached hydrogens (tertiary/aromatic N) is 1. The number of phenolic OH excluding ortho intramolecular Hbond substituents is 1. The van der Waals surface area contributed by atoms with Gasteiger partial charge in [0.2, 0.25) is 11.8 Å². The van der Waals surface area contributed by atoms with E-state index in [2.05, 4.69) is 5.32 Å². The monoisotopic (exact) mass is 248 g/mol. The summed E-state index contributed by atoms with van der Waals surface area (Å²) in [6, 6.07) is 4.74. The first-order valence-electron chi connectivity index (χ1n) is 5.93. The molecule has 1 aromatic rings. The molecule has 1 fully saturated rings. The van der Waals surface area contributed by atoms with Gasteiger partial charge < -0.3 is 15.3 Å². The van der Waals surface area contributed by atoms with E-state index < -0.39 is 0 Å². The number of likely N-dealkylation sites (tertiary alicyclic amines) is 1. The standard InChI is InChI=1S/C13H16N2O3/c1-9-7-10(16)4-5-11(9)14-12(17)8-15-6-2-3-13(15)18/h4-5,7,16H,2-3,6,8H2,1H3,(H,14,17). The Kier molecular flexibility index (Phi) is 3.50. The Bertz CT molecular complexity index is 485. The molecule has 1 aliphatic rings. The van der Waals surface area contributed by atoms with Crippen LogP contribution in [0.4, 0.5) is 5.69 Å². The van der Waals surface area contributed by atoms with E-state index in [9.17, 15) is 14.7 Å². The number of benzene rings is 1. The van der Waals surface area contributed by atoms with Crippen LogP contribution in [0.1, 0.15) is 18.4 Å². The molecule has 0 bridgehead atoms. The zero-order valence-corrected chi connectivity index (χ0v) is 10.3. The van der Waals surface area contributed by atoms with Gasteiger partial charge in [-0.25, -0.2) is 0 Å². The summed E-state index contributed by atoms with van der Waals surface area (Å²) in [5, 5.41) is 12.0. The molecule has 1 heterocycles. The molecule has 96 valence electrons. The van der Waals surface area contributed by atoms with Crippen LogP contribution < -0.4 is 5.32 Å². The van der Waals surface area contributed by atoms with E-state index in [1.165, 1.54) is 6.07 Å². The van der Waals surface area contributed by atoms with Gasteiger partial charge in [-0.3, -0.25) is 9.59 Å². The maximum Gasteiger partial charge on any atom is 0.244 e. The highest BCUT2D eigenvalue weighted by Crippen LogP contribution is 2.20. The second-order valence-corrected chi connectivity index (χ2v) is 4.47. The third kappa shape index (κ3) is 2.80. The van der Waals surface area contributed by atoms with E-state index in [1.54, 1.807) is 24.0 Å². The van der Waals surface area contributed by atoms with Crippen LogP contribution >= 0.6 is 0 Å². The molecule has 1 aromatic carbocycles. The predicted octanol–water partition coefficient (Wildman–Crippen LogP) is 1.26. The van der Waals surface area contributed by atoms with E-state index in [0.717, 1.165) is 12.0 Å². The third-order valence-corrected chi connectivity index (χ3v) is 2.99. The Labute approximate surface area is 105 Å². The van der Waals surface area contributed by atoms with Crippen LogP contribution in [-0.2, 0) is 9.59 Å². The molecule has 2 N–H and O–H groups in total. The van der Waals surface area contributed by atoms with Crippen molar-refractivity contribution < 1.29 is 14.7 Å². The van der Waals surface area contributed by atoms with Crippen LogP contribution in [0, 0.1) is 6.92 Å². The first-order chi connectivity index (χ1) is 8.56. The summed E-state index contributed by atoms with van der Waals surface area (Å²) in [4.78, 5) is 24.7. The first-order valence-corrected chi connectivity index (χ1v) is 5.93. The highest BCUT2D eigenvalue weighted by molar-refractivity contribution is 5.95. The molecule has 2 rings (SSSR count). The number of hydrogen-bond acceptors (Lipinski definition) is 3. The third-order valence-electron chi connectivity index (χ3n) is 2.99. The smallest absolute Gasteiger partial charge is 0.244 e. The number of anilines is 1. The summed E-state index contributed by atoms with van der Waals surface area (Å²) in [6.07, 6.45) is 1.36. The average molecular weight is 248 g/mol. The quantitative estimate of drug-likeness (QED) is 0.791. The molecule has 0 spiro atoms. The Balaban J connectivity index is 1.96. The number of rotatable bonds is 3. The zero-order chi connectivity index (χ0) is 13.1. The molecular weight excluding hydrogens is 232 g/mol. The minimum Gasteiger partial charge on any atom is -0.508 e. The van der Waals surface area contributed by atoms with Crippen molar-refractivity contribution in [3.05, 3.63) is 23.8 Å². The average Bonchev–Trinajstić information content (AvgIpc) is 2.69. The van der Waals surface area contributed by atoms with Crippen molar-refractivity contribution in [3.63, 3.8) is 0 Å². The normalized spacial score (nSPS) is 14.9. The van der Waals surface area contributed by atoms with E-state index in [-0.39, 0.29) is 24.1 Å². The Hall–Kier alpha value is -2.04. The Morgan fingerprint density at radius 3 is 2.89 bits per heavy atom. The van der Waals surface area contributed by atoms with Crippen LogP contribution in [-0.4, -0.2) is 34.9 Å². The fraction of sp³-hybridized carbons (Fsp3) is 0.385. The van der Waals surface area contributed by atoms with Crippen molar-refractivity contribution in [3.8, 4) is 5.75 Å². The van der Waals surface area contributed by atoms with Gasteiger partial charge in [0.1, 0.15) is 5.75 Å². The maximum atomic E-state index is 11.8. The van der Waals surface area contributed by atoms with Crippen LogP contribution in [0.15, 0.2) is 18.2 Å².